The lowest BCUT2D eigenvalue weighted by Crippen LogP contribution is -2.69. The third-order valence-electron chi connectivity index (χ3n) is 3.34. The SMILES string of the molecule is CCC(N)(CC(=O)O)C(C=O)(Oc1ccccc1)C(=O)O. The number of carbonyl (C=O) groups is 3. The molecule has 0 spiro atoms. The Morgan fingerprint density at radius 1 is 1.29 bits per heavy atom. The molecule has 0 heterocycles. The normalized spacial score (nSPS) is 16.3. The molecule has 2 atom stereocenters. The maximum absolute atomic E-state index is 11.6. The number of carbonyl (C=O) groups excluding carboxylic acids is 1. The minimum atomic E-state index is -2.48. The zero-order valence-corrected chi connectivity index (χ0v) is 11.5. The number of carboxylic acids is 2. The molecule has 0 aliphatic rings. The maximum atomic E-state index is 11.6. The Kier molecular flexibility index (Phi) is 5.04. The fourth-order valence-electron chi connectivity index (χ4n) is 2.01. The van der Waals surface area contributed by atoms with Crippen molar-refractivity contribution >= 4 is 18.2 Å². The van der Waals surface area contributed by atoms with Crippen LogP contribution >= 0.6 is 0 Å². The molecule has 1 aromatic carbocycles. The molecule has 1 rings (SSSR count). The summed E-state index contributed by atoms with van der Waals surface area (Å²) < 4.78 is 5.31. The number of ether oxygens (including phenoxy) is 1. The monoisotopic (exact) mass is 295 g/mol. The van der Waals surface area contributed by atoms with Gasteiger partial charge in [-0.15, -0.1) is 0 Å². The van der Waals surface area contributed by atoms with Gasteiger partial charge in [-0.2, -0.15) is 0 Å². The van der Waals surface area contributed by atoms with Crippen LogP contribution in [0.3, 0.4) is 0 Å². The molecule has 0 amide bonds. The van der Waals surface area contributed by atoms with Crippen molar-refractivity contribution in [2.24, 2.45) is 5.73 Å². The van der Waals surface area contributed by atoms with E-state index >= 15 is 0 Å². The average Bonchev–Trinajstić information content (AvgIpc) is 2.44. The summed E-state index contributed by atoms with van der Waals surface area (Å²) in [4.78, 5) is 34.1. The van der Waals surface area contributed by atoms with Gasteiger partial charge in [-0.25, -0.2) is 4.79 Å². The van der Waals surface area contributed by atoms with E-state index in [-0.39, 0.29) is 18.5 Å². The highest BCUT2D eigenvalue weighted by Gasteiger charge is 2.58. The van der Waals surface area contributed by atoms with Crippen LogP contribution in [0.4, 0.5) is 0 Å². The number of rotatable bonds is 8. The molecule has 2 unspecified atom stereocenters. The maximum Gasteiger partial charge on any atom is 0.357 e. The molecular weight excluding hydrogens is 278 g/mol. The number of hydrogen-bond acceptors (Lipinski definition) is 5. The Labute approximate surface area is 121 Å². The van der Waals surface area contributed by atoms with Gasteiger partial charge in [0.1, 0.15) is 5.75 Å². The molecule has 0 aliphatic heterocycles. The summed E-state index contributed by atoms with van der Waals surface area (Å²) in [7, 11) is 0. The summed E-state index contributed by atoms with van der Waals surface area (Å²) in [5, 5.41) is 18.4. The van der Waals surface area contributed by atoms with Gasteiger partial charge in [-0.1, -0.05) is 25.1 Å². The second-order valence-corrected chi connectivity index (χ2v) is 4.65. The van der Waals surface area contributed by atoms with E-state index in [2.05, 4.69) is 0 Å². The smallest absolute Gasteiger partial charge is 0.357 e. The van der Waals surface area contributed by atoms with E-state index in [9.17, 15) is 19.5 Å². The second-order valence-electron chi connectivity index (χ2n) is 4.65. The van der Waals surface area contributed by atoms with Crippen LogP contribution in [0.5, 0.6) is 5.75 Å². The molecule has 0 aromatic heterocycles. The van der Waals surface area contributed by atoms with E-state index in [1.54, 1.807) is 18.2 Å². The van der Waals surface area contributed by atoms with Crippen molar-refractivity contribution in [3.8, 4) is 5.75 Å². The predicted octanol–water partition coefficient (Wildman–Crippen LogP) is 0.670. The first-order valence-corrected chi connectivity index (χ1v) is 6.26. The molecular formula is C14H17NO6. The van der Waals surface area contributed by atoms with Gasteiger partial charge in [0.25, 0.3) is 5.60 Å². The van der Waals surface area contributed by atoms with Crippen molar-refractivity contribution in [2.75, 3.05) is 0 Å². The second kappa shape index (κ2) is 6.36. The Hall–Kier alpha value is -2.41. The van der Waals surface area contributed by atoms with Crippen LogP contribution in [0.25, 0.3) is 0 Å². The minimum absolute atomic E-state index is 0.0504. The molecule has 7 nitrogen and oxygen atoms in total. The molecule has 114 valence electrons. The van der Waals surface area contributed by atoms with Gasteiger partial charge in [-0.05, 0) is 18.6 Å². The first kappa shape index (κ1) is 16.6. The molecule has 1 aromatic rings. The third-order valence-corrected chi connectivity index (χ3v) is 3.34. The fourth-order valence-corrected chi connectivity index (χ4v) is 2.01. The highest BCUT2D eigenvalue weighted by atomic mass is 16.5. The van der Waals surface area contributed by atoms with Crippen molar-refractivity contribution in [1.29, 1.82) is 0 Å². The third kappa shape index (κ3) is 3.19. The van der Waals surface area contributed by atoms with E-state index in [4.69, 9.17) is 15.6 Å². The molecule has 0 saturated heterocycles. The Morgan fingerprint density at radius 3 is 2.24 bits per heavy atom. The van der Waals surface area contributed by atoms with Crippen molar-refractivity contribution in [2.45, 2.75) is 30.9 Å². The zero-order chi connectivity index (χ0) is 16.1. The van der Waals surface area contributed by atoms with Gasteiger partial charge in [-0.3, -0.25) is 9.59 Å². The van der Waals surface area contributed by atoms with Crippen LogP contribution in [-0.2, 0) is 14.4 Å². The minimum Gasteiger partial charge on any atom is -0.481 e. The number of aldehydes is 1. The number of carboxylic acid groups (broad SMARTS) is 2. The summed E-state index contributed by atoms with van der Waals surface area (Å²) in [5.74, 6) is -2.84. The topological polar surface area (TPSA) is 127 Å². The predicted molar refractivity (Wildman–Crippen MR) is 73.0 cm³/mol. The Bertz CT molecular complexity index is 532. The molecule has 21 heavy (non-hydrogen) atoms. The van der Waals surface area contributed by atoms with Crippen molar-refractivity contribution in [1.82, 2.24) is 0 Å². The summed E-state index contributed by atoms with van der Waals surface area (Å²) >= 11 is 0. The molecule has 7 heteroatoms. The van der Waals surface area contributed by atoms with E-state index in [0.29, 0.717) is 0 Å². The number of benzene rings is 1. The van der Waals surface area contributed by atoms with Crippen LogP contribution in [0, 0.1) is 0 Å². The van der Waals surface area contributed by atoms with Crippen LogP contribution in [-0.4, -0.2) is 39.6 Å². The lowest BCUT2D eigenvalue weighted by Gasteiger charge is -2.40. The van der Waals surface area contributed by atoms with Gasteiger partial charge in [0.05, 0.1) is 12.0 Å². The van der Waals surface area contributed by atoms with E-state index < -0.39 is 29.5 Å². The van der Waals surface area contributed by atoms with Gasteiger partial charge in [0.2, 0.25) is 0 Å². The Morgan fingerprint density at radius 2 is 1.86 bits per heavy atom. The molecule has 4 N–H and O–H groups in total. The summed E-state index contributed by atoms with van der Waals surface area (Å²) in [5.41, 5.74) is 1.55. The van der Waals surface area contributed by atoms with E-state index in [1.807, 2.05) is 0 Å². The van der Waals surface area contributed by atoms with E-state index in [1.165, 1.54) is 19.1 Å². The van der Waals surface area contributed by atoms with Gasteiger partial charge < -0.3 is 20.7 Å². The number of nitrogens with two attached hydrogens (primary N) is 1. The summed E-state index contributed by atoms with van der Waals surface area (Å²) in [6.45, 7) is 1.50. The molecule has 0 radical (unpaired) electrons. The first-order valence-electron chi connectivity index (χ1n) is 6.26. The number of aliphatic carboxylic acids is 2. The van der Waals surface area contributed by atoms with Crippen LogP contribution in [0.1, 0.15) is 19.8 Å². The highest BCUT2D eigenvalue weighted by Crippen LogP contribution is 2.31. The number of para-hydroxylation sites is 1. The van der Waals surface area contributed by atoms with Gasteiger partial charge in [0.15, 0.2) is 6.29 Å². The number of hydrogen-bond donors (Lipinski definition) is 3. The van der Waals surface area contributed by atoms with Crippen molar-refractivity contribution < 1.29 is 29.3 Å². The van der Waals surface area contributed by atoms with E-state index in [0.717, 1.165) is 0 Å². The quantitative estimate of drug-likeness (QED) is 0.475. The summed E-state index contributed by atoms with van der Waals surface area (Å²) in [6, 6.07) is 7.78. The first-order chi connectivity index (χ1) is 9.81. The lowest BCUT2D eigenvalue weighted by atomic mass is 9.76. The molecule has 0 bridgehead atoms. The molecule has 0 aliphatic carbocycles. The van der Waals surface area contributed by atoms with Gasteiger partial charge >= 0.3 is 11.9 Å². The highest BCUT2D eigenvalue weighted by molar-refractivity contribution is 5.99. The average molecular weight is 295 g/mol. The largest absolute Gasteiger partial charge is 0.481 e. The van der Waals surface area contributed by atoms with Crippen LogP contribution in [0.2, 0.25) is 0 Å². The molecule has 0 fully saturated rings. The Balaban J connectivity index is 3.34. The lowest BCUT2D eigenvalue weighted by molar-refractivity contribution is -0.166. The zero-order valence-electron chi connectivity index (χ0n) is 11.5. The van der Waals surface area contributed by atoms with Crippen LogP contribution < -0.4 is 10.5 Å². The van der Waals surface area contributed by atoms with Gasteiger partial charge in [0, 0.05) is 0 Å². The van der Waals surface area contributed by atoms with Crippen molar-refractivity contribution in [3.05, 3.63) is 30.3 Å². The fraction of sp³-hybridized carbons (Fsp3) is 0.357. The standard InChI is InChI=1S/C14H17NO6/c1-2-13(15,8-11(17)18)14(9-16,12(19)20)21-10-6-4-3-5-7-10/h3-7,9H,2,8,15H2,1H3,(H,17,18)(H,19,20). The van der Waals surface area contributed by atoms with Crippen LogP contribution in [0.15, 0.2) is 30.3 Å². The summed E-state index contributed by atoms with van der Waals surface area (Å²) in [6.07, 6.45) is -0.743. The van der Waals surface area contributed by atoms with Crippen molar-refractivity contribution in [3.63, 3.8) is 0 Å². The molecule has 0 saturated carbocycles.